The number of carbonyl (C=O) groups is 2. The summed E-state index contributed by atoms with van der Waals surface area (Å²) in [6.45, 7) is 6.75. The lowest BCUT2D eigenvalue weighted by molar-refractivity contribution is -0.147. The summed E-state index contributed by atoms with van der Waals surface area (Å²) in [4.78, 5) is 31.6. The van der Waals surface area contributed by atoms with Crippen LogP contribution in [0, 0.1) is 19.3 Å². The highest BCUT2D eigenvalue weighted by molar-refractivity contribution is 5.90. The van der Waals surface area contributed by atoms with Gasteiger partial charge >= 0.3 is 0 Å². The van der Waals surface area contributed by atoms with Gasteiger partial charge in [-0.05, 0) is 63.5 Å². The van der Waals surface area contributed by atoms with Crippen LogP contribution < -0.4 is 0 Å². The average Bonchev–Trinajstić information content (AvgIpc) is 3.09. The molecule has 35 heavy (non-hydrogen) atoms. The first kappa shape index (κ1) is 24.1. The Bertz CT molecular complexity index is 1060. The Balaban J connectivity index is 1.32. The number of aryl methyl sites for hydroxylation is 2. The van der Waals surface area contributed by atoms with Crippen LogP contribution in [0.15, 0.2) is 48.5 Å². The first-order valence-electron chi connectivity index (χ1n) is 13.1. The molecule has 2 aromatic rings. The van der Waals surface area contributed by atoms with Gasteiger partial charge in [0, 0.05) is 39.4 Å². The van der Waals surface area contributed by atoms with Gasteiger partial charge in [0.2, 0.25) is 11.8 Å². The van der Waals surface area contributed by atoms with E-state index in [4.69, 9.17) is 4.74 Å². The molecular weight excluding hydrogens is 436 g/mol. The van der Waals surface area contributed by atoms with E-state index in [1.165, 1.54) is 16.7 Å². The van der Waals surface area contributed by atoms with E-state index in [-0.39, 0.29) is 23.3 Å². The number of likely N-dealkylation sites (tertiary alicyclic amines) is 2. The van der Waals surface area contributed by atoms with E-state index in [2.05, 4.69) is 56.3 Å². The van der Waals surface area contributed by atoms with E-state index < -0.39 is 5.41 Å². The van der Waals surface area contributed by atoms with Crippen LogP contribution in [0.1, 0.15) is 54.4 Å². The first-order chi connectivity index (χ1) is 16.8. The van der Waals surface area contributed by atoms with Crippen LogP contribution in [-0.4, -0.2) is 61.0 Å². The smallest absolute Gasteiger partial charge is 0.233 e. The number of piperidine rings is 1. The lowest BCUT2D eigenvalue weighted by Crippen LogP contribution is -2.54. The predicted octanol–water partition coefficient (Wildman–Crippen LogP) is 4.43. The van der Waals surface area contributed by atoms with Gasteiger partial charge in [0.25, 0.3) is 0 Å². The van der Waals surface area contributed by atoms with Crippen LogP contribution in [0.2, 0.25) is 0 Å². The van der Waals surface area contributed by atoms with Gasteiger partial charge in [-0.3, -0.25) is 9.59 Å². The molecule has 5 heteroatoms. The molecule has 186 valence electrons. The zero-order chi connectivity index (χ0) is 24.6. The van der Waals surface area contributed by atoms with Crippen LogP contribution in [0.3, 0.4) is 0 Å². The summed E-state index contributed by atoms with van der Waals surface area (Å²) in [7, 11) is 1.96. The highest BCUT2D eigenvalue weighted by Gasteiger charge is 2.53. The number of amides is 2. The number of hydrogen-bond donors (Lipinski definition) is 0. The van der Waals surface area contributed by atoms with Gasteiger partial charge < -0.3 is 14.5 Å². The first-order valence-corrected chi connectivity index (χ1v) is 13.1. The molecule has 3 aliphatic heterocycles. The summed E-state index contributed by atoms with van der Waals surface area (Å²) in [6, 6.07) is 17.2. The molecule has 3 fully saturated rings. The van der Waals surface area contributed by atoms with E-state index in [9.17, 15) is 9.59 Å². The normalized spacial score (nSPS) is 23.6. The predicted molar refractivity (Wildman–Crippen MR) is 137 cm³/mol. The van der Waals surface area contributed by atoms with Gasteiger partial charge in [-0.1, -0.05) is 59.7 Å². The maximum absolute atomic E-state index is 14.1. The molecule has 1 spiro atoms. The summed E-state index contributed by atoms with van der Waals surface area (Å²) in [5, 5.41) is 0. The number of hydrogen-bond acceptors (Lipinski definition) is 3. The SMILES string of the molecule is Cc1cc(C)cc(C2(C(=O)N3CCC4(CC3)CC(Cc3ccccc3)N(C)C4=O)CCOCC2)c1. The van der Waals surface area contributed by atoms with Crippen molar-refractivity contribution in [2.24, 2.45) is 5.41 Å². The van der Waals surface area contributed by atoms with Crippen LogP contribution in [0.25, 0.3) is 0 Å². The van der Waals surface area contributed by atoms with Gasteiger partial charge in [-0.25, -0.2) is 0 Å². The minimum atomic E-state index is -0.522. The molecule has 1 unspecified atom stereocenters. The summed E-state index contributed by atoms with van der Waals surface area (Å²) >= 11 is 0. The summed E-state index contributed by atoms with van der Waals surface area (Å²) in [6.07, 6.45) is 4.73. The second-order valence-corrected chi connectivity index (χ2v) is 11.1. The van der Waals surface area contributed by atoms with Crippen LogP contribution in [0.4, 0.5) is 0 Å². The number of nitrogens with zero attached hydrogens (tertiary/aromatic N) is 2. The Labute approximate surface area is 209 Å². The molecule has 0 radical (unpaired) electrons. The molecule has 0 aliphatic carbocycles. The number of carbonyl (C=O) groups excluding carboxylic acids is 2. The largest absolute Gasteiger partial charge is 0.381 e. The second-order valence-electron chi connectivity index (χ2n) is 11.1. The summed E-state index contributed by atoms with van der Waals surface area (Å²) in [5.74, 6) is 0.487. The van der Waals surface area contributed by atoms with Crippen molar-refractivity contribution in [1.82, 2.24) is 9.80 Å². The van der Waals surface area contributed by atoms with E-state index in [0.29, 0.717) is 26.3 Å². The Morgan fingerprint density at radius 2 is 1.60 bits per heavy atom. The molecule has 2 amide bonds. The highest BCUT2D eigenvalue weighted by atomic mass is 16.5. The maximum atomic E-state index is 14.1. The van der Waals surface area contributed by atoms with Crippen LogP contribution >= 0.6 is 0 Å². The summed E-state index contributed by atoms with van der Waals surface area (Å²) in [5.41, 5.74) is 3.94. The van der Waals surface area contributed by atoms with Gasteiger partial charge in [-0.15, -0.1) is 0 Å². The Kier molecular flexibility index (Phi) is 6.47. The van der Waals surface area contributed by atoms with Gasteiger partial charge in [0.05, 0.1) is 10.8 Å². The summed E-state index contributed by atoms with van der Waals surface area (Å²) < 4.78 is 5.69. The highest BCUT2D eigenvalue weighted by Crippen LogP contribution is 2.46. The molecule has 0 aromatic heterocycles. The van der Waals surface area contributed by atoms with Crippen molar-refractivity contribution in [3.63, 3.8) is 0 Å². The topological polar surface area (TPSA) is 49.9 Å². The number of ether oxygens (including phenoxy) is 1. The fraction of sp³-hybridized carbons (Fsp3) is 0.533. The molecule has 0 N–H and O–H groups in total. The van der Waals surface area contributed by atoms with Gasteiger partial charge in [0.15, 0.2) is 0 Å². The molecule has 1 atom stereocenters. The van der Waals surface area contributed by atoms with Crippen molar-refractivity contribution in [2.45, 2.75) is 63.8 Å². The van der Waals surface area contributed by atoms with Crippen molar-refractivity contribution in [3.05, 3.63) is 70.8 Å². The van der Waals surface area contributed by atoms with Gasteiger partial charge in [-0.2, -0.15) is 0 Å². The minimum absolute atomic E-state index is 0.222. The number of benzene rings is 2. The van der Waals surface area contributed by atoms with Crippen LogP contribution in [-0.2, 0) is 26.2 Å². The van der Waals surface area contributed by atoms with Crippen molar-refractivity contribution >= 4 is 11.8 Å². The third-order valence-corrected chi connectivity index (χ3v) is 8.80. The van der Waals surface area contributed by atoms with Crippen molar-refractivity contribution in [3.8, 4) is 0 Å². The Morgan fingerprint density at radius 3 is 2.23 bits per heavy atom. The standard InChI is InChI=1S/C30H38N2O3/c1-22-17-23(2)19-25(18-22)30(11-15-35-16-12-30)28(34)32-13-9-29(10-14-32)21-26(31(3)27(29)33)20-24-7-5-4-6-8-24/h4-8,17-19,26H,9-16,20-21H2,1-3H3. The van der Waals surface area contributed by atoms with E-state index in [0.717, 1.165) is 44.1 Å². The fourth-order valence-corrected chi connectivity index (χ4v) is 6.77. The molecular formula is C30H38N2O3. The molecule has 0 saturated carbocycles. The fourth-order valence-electron chi connectivity index (χ4n) is 6.77. The monoisotopic (exact) mass is 474 g/mol. The molecule has 0 bridgehead atoms. The molecule has 2 aromatic carbocycles. The zero-order valence-corrected chi connectivity index (χ0v) is 21.4. The lowest BCUT2D eigenvalue weighted by Gasteiger charge is -2.44. The quantitative estimate of drug-likeness (QED) is 0.659. The molecule has 3 saturated heterocycles. The van der Waals surface area contributed by atoms with Crippen molar-refractivity contribution in [2.75, 3.05) is 33.4 Å². The molecule has 3 heterocycles. The van der Waals surface area contributed by atoms with Crippen LogP contribution in [0.5, 0.6) is 0 Å². The zero-order valence-electron chi connectivity index (χ0n) is 21.4. The average molecular weight is 475 g/mol. The van der Waals surface area contributed by atoms with Crippen molar-refractivity contribution < 1.29 is 14.3 Å². The molecule has 5 rings (SSSR count). The maximum Gasteiger partial charge on any atom is 0.233 e. The van der Waals surface area contributed by atoms with Gasteiger partial charge in [0.1, 0.15) is 0 Å². The third kappa shape index (κ3) is 4.40. The molecule has 3 aliphatic rings. The Morgan fingerprint density at radius 1 is 0.971 bits per heavy atom. The van der Waals surface area contributed by atoms with E-state index in [1.807, 2.05) is 22.9 Å². The number of rotatable bonds is 4. The van der Waals surface area contributed by atoms with E-state index in [1.54, 1.807) is 0 Å². The molecule has 5 nitrogen and oxygen atoms in total. The minimum Gasteiger partial charge on any atom is -0.381 e. The second kappa shape index (κ2) is 9.42. The van der Waals surface area contributed by atoms with E-state index >= 15 is 0 Å². The third-order valence-electron chi connectivity index (χ3n) is 8.80. The lowest BCUT2D eigenvalue weighted by atomic mass is 9.70. The Hall–Kier alpha value is -2.66. The van der Waals surface area contributed by atoms with Crippen molar-refractivity contribution in [1.29, 1.82) is 0 Å². The number of likely N-dealkylation sites (N-methyl/N-ethyl adjacent to an activating group) is 1.